The summed E-state index contributed by atoms with van der Waals surface area (Å²) in [6.07, 6.45) is -3.41. The number of phosphoric ester groups is 1. The van der Waals surface area contributed by atoms with Gasteiger partial charge >= 0.3 is 13.8 Å². The van der Waals surface area contributed by atoms with Gasteiger partial charge in [-0.3, -0.25) is 42.3 Å². The minimum Gasteiger partial charge on any atom is -0.544 e. The van der Waals surface area contributed by atoms with Gasteiger partial charge in [-0.25, -0.2) is 9.36 Å². The van der Waals surface area contributed by atoms with Crippen LogP contribution >= 0.6 is 7.82 Å². The summed E-state index contributed by atoms with van der Waals surface area (Å²) in [6.45, 7) is 13.7. The number of benzene rings is 6. The monoisotopic (exact) mass is 1350 g/mol. The Kier molecular flexibility index (Phi) is 28.2. The van der Waals surface area contributed by atoms with Crippen molar-refractivity contribution >= 4 is 57.6 Å². The van der Waals surface area contributed by atoms with E-state index in [0.717, 1.165) is 0 Å². The Balaban J connectivity index is 1.30. The number of esters is 1. The Morgan fingerprint density at radius 3 is 1.57 bits per heavy atom. The van der Waals surface area contributed by atoms with Gasteiger partial charge in [-0.1, -0.05) is 205 Å². The highest BCUT2D eigenvalue weighted by Gasteiger charge is 2.43. The molecule has 6 N–H and O–H groups in total. The number of phosphoric acid groups is 1. The number of aliphatic hydroxyl groups is 1. The zero-order valence-corrected chi connectivity index (χ0v) is 58.2. The molecule has 1 aliphatic heterocycles. The number of rotatable bonds is 27. The highest BCUT2D eigenvalue weighted by atomic mass is 31.2. The van der Waals surface area contributed by atoms with Crippen molar-refractivity contribution in [1.29, 1.82) is 0 Å². The lowest BCUT2D eigenvalue weighted by molar-refractivity contribution is -0.158. The van der Waals surface area contributed by atoms with E-state index in [1.807, 2.05) is 12.1 Å². The second-order valence-corrected chi connectivity index (χ2v) is 32.0. The molecule has 6 aromatic carbocycles. The molecule has 7 rings (SSSR count). The van der Waals surface area contributed by atoms with Crippen molar-refractivity contribution in [2.75, 3.05) is 20.3 Å². The Morgan fingerprint density at radius 2 is 1.07 bits per heavy atom. The summed E-state index contributed by atoms with van der Waals surface area (Å²) in [5.74, 6) is -6.22. The SMILES string of the molecule is CC[C@H](C)[C@@H]1NC(=O)C(Cc2ccc(O[Si](C)(C)C(C)(C)C)cc2)N(C)C(=O)[C@H](Cc2ccccc2)NC(=O)[C@H](CCCO)NC(=O)[C@H](Cc2ccccc2)NC(=O)[C@@H](NC(=O)[C@H](COP(=O)(OCc2ccccc2)OCc2ccccc2)OCc2ccccc2)[C@@H](C)OC1=O. The fourth-order valence-electron chi connectivity index (χ4n) is 10.2. The van der Waals surface area contributed by atoms with E-state index in [0.29, 0.717) is 45.6 Å². The molecule has 1 unspecified atom stereocenters. The lowest BCUT2D eigenvalue weighted by Gasteiger charge is -2.36. The summed E-state index contributed by atoms with van der Waals surface area (Å²) >= 11 is 0. The maximum atomic E-state index is 15.4. The second-order valence-electron chi connectivity index (χ2n) is 25.7. The van der Waals surface area contributed by atoms with E-state index in [9.17, 15) is 14.5 Å². The standard InChI is InChI=1S/C73H93N6O15PSi/c1-10-50(2)64-72(87)93-51(3)65(78-69(84)63(89-46-55-31-20-13-21-32-55)49-92-95(88,90-47-56-33-22-14-23-34-56)91-48-57-35-24-15-25-36-57)70(85)75-60(43-52-27-16-11-17-28-52)67(82)74-59(37-26-42-80)66(81)76-61(44-53-29-18-12-19-30-53)71(86)79(7)62(68(83)77-64)45-54-38-40-58(41-39-54)94-96(8,9)73(4,5)6/h11-25,27-36,38-41,50-51,59-65,80H,10,26,37,42-49H2,1-9H3,(H,74,82)(H,75,85)(H,76,81)(H,77,83)(H,78,84)/t50-,51+,59-,60-,61-,62?,63-,64-,65-/m0/s1. The number of nitrogens with zero attached hydrogens (tertiary/aromatic N) is 1. The van der Waals surface area contributed by atoms with E-state index >= 15 is 28.8 Å². The Labute approximate surface area is 564 Å². The highest BCUT2D eigenvalue weighted by Crippen LogP contribution is 2.51. The van der Waals surface area contributed by atoms with Crippen LogP contribution in [0.5, 0.6) is 5.75 Å². The minimum absolute atomic E-state index is 0.0204. The molecule has 514 valence electrons. The first kappa shape index (κ1) is 75.0. The van der Waals surface area contributed by atoms with Crippen LogP contribution in [0.3, 0.4) is 0 Å². The maximum Gasteiger partial charge on any atom is 0.475 e. The number of carbonyl (C=O) groups is 7. The van der Waals surface area contributed by atoms with Crippen molar-refractivity contribution < 1.29 is 70.7 Å². The van der Waals surface area contributed by atoms with Crippen molar-refractivity contribution in [2.24, 2.45) is 5.92 Å². The van der Waals surface area contributed by atoms with E-state index in [1.165, 1.54) is 18.9 Å². The molecule has 96 heavy (non-hydrogen) atoms. The fourth-order valence-corrected chi connectivity index (χ4v) is 12.4. The number of amides is 6. The zero-order valence-electron chi connectivity index (χ0n) is 56.3. The minimum atomic E-state index is -4.58. The number of likely N-dealkylation sites (N-methyl/N-ethyl adjacent to an activating group) is 1. The van der Waals surface area contributed by atoms with Crippen LogP contribution in [-0.4, -0.2) is 128 Å². The summed E-state index contributed by atoms with van der Waals surface area (Å²) in [7, 11) is -5.42. The summed E-state index contributed by atoms with van der Waals surface area (Å²) in [6, 6.07) is 42.5. The molecule has 0 bridgehead atoms. The number of hydrogen-bond donors (Lipinski definition) is 6. The summed E-state index contributed by atoms with van der Waals surface area (Å²) < 4.78 is 51.6. The molecular formula is C73H93N6O15PSi. The van der Waals surface area contributed by atoms with Gasteiger partial charge in [0.05, 0.1) is 26.4 Å². The molecule has 21 nitrogen and oxygen atoms in total. The molecule has 9 atom stereocenters. The summed E-state index contributed by atoms with van der Waals surface area (Å²) in [4.78, 5) is 108. The number of ether oxygens (including phenoxy) is 2. The van der Waals surface area contributed by atoms with Crippen LogP contribution in [0.15, 0.2) is 176 Å². The van der Waals surface area contributed by atoms with Gasteiger partial charge < -0.3 is 50.5 Å². The molecule has 6 aromatic rings. The number of cyclic esters (lactones) is 1. The summed E-state index contributed by atoms with van der Waals surface area (Å²) in [5.41, 5.74) is 3.74. The molecule has 1 aliphatic rings. The molecular weight excluding hydrogens is 1260 g/mol. The van der Waals surface area contributed by atoms with Gasteiger partial charge in [0.2, 0.25) is 37.9 Å². The lowest BCUT2D eigenvalue weighted by atomic mass is 9.97. The van der Waals surface area contributed by atoms with Crippen LogP contribution in [0.1, 0.15) is 94.2 Å². The zero-order chi connectivity index (χ0) is 69.4. The average molecular weight is 1350 g/mol. The number of carbonyl (C=O) groups excluding carboxylic acids is 7. The molecule has 1 heterocycles. The van der Waals surface area contributed by atoms with Crippen molar-refractivity contribution in [1.82, 2.24) is 31.5 Å². The van der Waals surface area contributed by atoms with Crippen molar-refractivity contribution in [3.05, 3.63) is 209 Å². The van der Waals surface area contributed by atoms with Crippen LogP contribution < -0.4 is 31.0 Å². The number of aliphatic hydroxyl groups excluding tert-OH is 1. The predicted molar refractivity (Wildman–Crippen MR) is 367 cm³/mol. The van der Waals surface area contributed by atoms with Crippen molar-refractivity contribution in [3.8, 4) is 5.75 Å². The fraction of sp³-hybridized carbons (Fsp3) is 0.411. The summed E-state index contributed by atoms with van der Waals surface area (Å²) in [5, 5.41) is 24.1. The molecule has 0 spiro atoms. The average Bonchev–Trinajstić information content (AvgIpc) is 3.30. The van der Waals surface area contributed by atoms with Crippen LogP contribution in [0, 0.1) is 5.92 Å². The normalized spacial score (nSPS) is 20.4. The third-order valence-corrected chi connectivity index (χ3v) is 23.0. The first-order valence-electron chi connectivity index (χ1n) is 32.6. The number of hydrogen-bond acceptors (Lipinski definition) is 15. The van der Waals surface area contributed by atoms with E-state index < -0.39 is 119 Å². The molecule has 0 saturated carbocycles. The van der Waals surface area contributed by atoms with Crippen LogP contribution in [0.4, 0.5) is 0 Å². The van der Waals surface area contributed by atoms with Crippen LogP contribution in [-0.2, 0) is 100 Å². The Morgan fingerprint density at radius 1 is 0.615 bits per heavy atom. The second kappa shape index (κ2) is 36.1. The van der Waals surface area contributed by atoms with Gasteiger partial charge in [-0.15, -0.1) is 0 Å². The van der Waals surface area contributed by atoms with Crippen molar-refractivity contribution in [2.45, 2.75) is 166 Å². The van der Waals surface area contributed by atoms with Gasteiger partial charge in [0.1, 0.15) is 48.1 Å². The molecule has 1 fully saturated rings. The van der Waals surface area contributed by atoms with E-state index in [1.54, 1.807) is 178 Å². The topological polar surface area (TPSA) is 276 Å². The predicted octanol–water partition coefficient (Wildman–Crippen LogP) is 9.26. The largest absolute Gasteiger partial charge is 0.544 e. The van der Waals surface area contributed by atoms with E-state index in [-0.39, 0.29) is 63.6 Å². The van der Waals surface area contributed by atoms with Gasteiger partial charge in [0.15, 0.2) is 6.10 Å². The third-order valence-electron chi connectivity index (χ3n) is 17.3. The molecule has 23 heteroatoms. The molecule has 0 radical (unpaired) electrons. The van der Waals surface area contributed by atoms with Gasteiger partial charge in [0.25, 0.3) is 5.91 Å². The molecule has 0 aromatic heterocycles. The van der Waals surface area contributed by atoms with Crippen LogP contribution in [0.25, 0.3) is 0 Å². The van der Waals surface area contributed by atoms with E-state index in [4.69, 9.17) is 27.5 Å². The van der Waals surface area contributed by atoms with Crippen LogP contribution in [0.2, 0.25) is 18.1 Å². The first-order valence-corrected chi connectivity index (χ1v) is 36.9. The maximum absolute atomic E-state index is 15.4. The smallest absolute Gasteiger partial charge is 0.475 e. The number of nitrogens with one attached hydrogen (secondary N) is 5. The first-order chi connectivity index (χ1) is 45.8. The highest BCUT2D eigenvalue weighted by molar-refractivity contribution is 7.48. The van der Waals surface area contributed by atoms with Crippen molar-refractivity contribution in [3.63, 3.8) is 0 Å². The third kappa shape index (κ3) is 22.6. The lowest BCUT2D eigenvalue weighted by Crippen LogP contribution is -2.61. The van der Waals surface area contributed by atoms with E-state index in [2.05, 4.69) is 60.4 Å². The molecule has 6 amide bonds. The molecule has 0 aliphatic carbocycles. The Bertz CT molecular complexity index is 3470. The van der Waals surface area contributed by atoms with Gasteiger partial charge in [-0.05, 0) is 89.3 Å². The Hall–Kier alpha value is -8.34. The molecule has 1 saturated heterocycles. The van der Waals surface area contributed by atoms with Gasteiger partial charge in [-0.2, -0.15) is 0 Å². The van der Waals surface area contributed by atoms with Gasteiger partial charge in [0, 0.05) is 32.9 Å². The quantitative estimate of drug-likeness (QED) is 0.0159.